The van der Waals surface area contributed by atoms with Crippen LogP contribution in [0, 0.1) is 11.6 Å². The van der Waals surface area contributed by atoms with Gasteiger partial charge in [0.1, 0.15) is 11.6 Å². The number of hydrogen-bond acceptors (Lipinski definition) is 3. The van der Waals surface area contributed by atoms with Crippen molar-refractivity contribution >= 4 is 17.4 Å². The predicted molar refractivity (Wildman–Crippen MR) is 95.3 cm³/mol. The van der Waals surface area contributed by atoms with Gasteiger partial charge in [-0.1, -0.05) is 18.2 Å². The highest BCUT2D eigenvalue weighted by atomic mass is 19.1. The maximum absolute atomic E-state index is 14.3. The second-order valence-electron chi connectivity index (χ2n) is 6.36. The number of anilines is 1. The van der Waals surface area contributed by atoms with E-state index >= 15 is 0 Å². The quantitative estimate of drug-likeness (QED) is 0.789. The van der Waals surface area contributed by atoms with Crippen LogP contribution in [0.25, 0.3) is 0 Å². The lowest BCUT2D eigenvalue weighted by Crippen LogP contribution is -2.49. The van der Waals surface area contributed by atoms with Crippen LogP contribution >= 0.6 is 0 Å². The number of rotatable bonds is 4. The fraction of sp³-hybridized carbons (Fsp3) is 0.300. The smallest absolute Gasteiger partial charge is 0.227 e. The lowest BCUT2D eigenvalue weighted by atomic mass is 10.1. The largest absolute Gasteiger partial charge is 0.366 e. The maximum Gasteiger partial charge on any atom is 0.227 e. The van der Waals surface area contributed by atoms with Crippen molar-refractivity contribution in [3.8, 4) is 0 Å². The van der Waals surface area contributed by atoms with E-state index in [9.17, 15) is 18.4 Å². The molecule has 0 atom stereocenters. The molecule has 3 rings (SSSR count). The van der Waals surface area contributed by atoms with E-state index in [4.69, 9.17) is 0 Å². The normalized spacial score (nSPS) is 14.4. The van der Waals surface area contributed by atoms with Gasteiger partial charge >= 0.3 is 0 Å². The molecule has 0 aliphatic carbocycles. The molecule has 1 heterocycles. The average Bonchev–Trinajstić information content (AvgIpc) is 2.63. The molecule has 4 nitrogen and oxygen atoms in total. The van der Waals surface area contributed by atoms with Gasteiger partial charge in [-0.3, -0.25) is 9.59 Å². The van der Waals surface area contributed by atoms with Crippen LogP contribution in [-0.4, -0.2) is 42.8 Å². The van der Waals surface area contributed by atoms with E-state index in [1.807, 2.05) is 4.90 Å². The van der Waals surface area contributed by atoms with Crippen molar-refractivity contribution in [1.82, 2.24) is 4.90 Å². The number of halogens is 2. The minimum atomic E-state index is -0.441. The van der Waals surface area contributed by atoms with Crippen molar-refractivity contribution in [2.45, 2.75) is 13.3 Å². The second kappa shape index (κ2) is 7.64. The Balaban J connectivity index is 1.61. The lowest BCUT2D eigenvalue weighted by Gasteiger charge is -2.36. The Morgan fingerprint density at radius 2 is 1.65 bits per heavy atom. The van der Waals surface area contributed by atoms with Crippen molar-refractivity contribution in [3.05, 3.63) is 65.2 Å². The van der Waals surface area contributed by atoms with E-state index in [1.165, 1.54) is 19.1 Å². The monoisotopic (exact) mass is 358 g/mol. The molecule has 0 bridgehead atoms. The molecule has 2 aromatic rings. The van der Waals surface area contributed by atoms with Crippen molar-refractivity contribution < 1.29 is 18.4 Å². The summed E-state index contributed by atoms with van der Waals surface area (Å²) in [7, 11) is 0. The summed E-state index contributed by atoms with van der Waals surface area (Å²) in [5, 5.41) is 0. The molecular formula is C20H20F2N2O2. The van der Waals surface area contributed by atoms with Crippen molar-refractivity contribution in [2.75, 3.05) is 31.1 Å². The van der Waals surface area contributed by atoms with Crippen LogP contribution in [0.2, 0.25) is 0 Å². The molecule has 0 radical (unpaired) electrons. The number of benzene rings is 2. The van der Waals surface area contributed by atoms with Crippen LogP contribution < -0.4 is 4.90 Å². The Kier molecular flexibility index (Phi) is 5.30. The van der Waals surface area contributed by atoms with E-state index in [0.29, 0.717) is 43.0 Å². The zero-order chi connectivity index (χ0) is 18.7. The van der Waals surface area contributed by atoms with Crippen molar-refractivity contribution in [3.63, 3.8) is 0 Å². The third-order valence-electron chi connectivity index (χ3n) is 4.63. The molecule has 2 aromatic carbocycles. The molecule has 0 unspecified atom stereocenters. The van der Waals surface area contributed by atoms with Crippen LogP contribution in [0.3, 0.4) is 0 Å². The number of carbonyl (C=O) groups is 2. The van der Waals surface area contributed by atoms with Crippen LogP contribution in [0.15, 0.2) is 42.5 Å². The Bertz CT molecular complexity index is 830. The number of carbonyl (C=O) groups excluding carboxylic acids is 2. The van der Waals surface area contributed by atoms with Gasteiger partial charge in [-0.25, -0.2) is 8.78 Å². The van der Waals surface area contributed by atoms with Crippen molar-refractivity contribution in [1.29, 1.82) is 0 Å². The van der Waals surface area contributed by atoms with Gasteiger partial charge in [-0.15, -0.1) is 0 Å². The molecule has 0 aromatic heterocycles. The summed E-state index contributed by atoms with van der Waals surface area (Å²) in [6.45, 7) is 3.26. The molecule has 0 saturated carbocycles. The minimum Gasteiger partial charge on any atom is -0.366 e. The average molecular weight is 358 g/mol. The Morgan fingerprint density at radius 3 is 2.27 bits per heavy atom. The van der Waals surface area contributed by atoms with E-state index in [1.54, 1.807) is 35.2 Å². The predicted octanol–water partition coefficient (Wildman–Crippen LogP) is 3.06. The summed E-state index contributed by atoms with van der Waals surface area (Å²) in [6.07, 6.45) is 0.0222. The van der Waals surface area contributed by atoms with E-state index in [0.717, 1.165) is 0 Å². The SMILES string of the molecule is CC(=O)c1ccc(N2CCN(C(=O)Cc3ccccc3F)CC2)c(F)c1. The molecule has 0 N–H and O–H groups in total. The number of ketones is 1. The van der Waals surface area contributed by atoms with Gasteiger partial charge in [-0.05, 0) is 36.8 Å². The highest BCUT2D eigenvalue weighted by Gasteiger charge is 2.23. The van der Waals surface area contributed by atoms with Gasteiger partial charge in [0.15, 0.2) is 5.78 Å². The Morgan fingerprint density at radius 1 is 0.962 bits per heavy atom. The number of piperazine rings is 1. The number of Topliss-reactive ketones (excluding diaryl/α,β-unsaturated/α-hetero) is 1. The molecule has 1 aliphatic rings. The highest BCUT2D eigenvalue weighted by molar-refractivity contribution is 5.94. The van der Waals surface area contributed by atoms with E-state index in [-0.39, 0.29) is 23.9 Å². The van der Waals surface area contributed by atoms with Crippen LogP contribution in [0.4, 0.5) is 14.5 Å². The van der Waals surface area contributed by atoms with Crippen LogP contribution in [0.1, 0.15) is 22.8 Å². The van der Waals surface area contributed by atoms with Gasteiger partial charge in [-0.2, -0.15) is 0 Å². The van der Waals surface area contributed by atoms with Gasteiger partial charge in [0.25, 0.3) is 0 Å². The molecule has 136 valence electrons. The first-order valence-corrected chi connectivity index (χ1v) is 8.52. The topological polar surface area (TPSA) is 40.6 Å². The van der Waals surface area contributed by atoms with Crippen molar-refractivity contribution in [2.24, 2.45) is 0 Å². The highest BCUT2D eigenvalue weighted by Crippen LogP contribution is 2.22. The van der Waals surface area contributed by atoms with E-state index < -0.39 is 5.82 Å². The molecule has 1 fully saturated rings. The summed E-state index contributed by atoms with van der Waals surface area (Å²) in [5.74, 6) is -1.14. The minimum absolute atomic E-state index is 0.0222. The fourth-order valence-corrected chi connectivity index (χ4v) is 3.10. The zero-order valence-electron chi connectivity index (χ0n) is 14.5. The first-order chi connectivity index (χ1) is 12.5. The van der Waals surface area contributed by atoms with Crippen LogP contribution in [-0.2, 0) is 11.2 Å². The number of amides is 1. The van der Waals surface area contributed by atoms with Gasteiger partial charge in [0, 0.05) is 31.7 Å². The summed E-state index contributed by atoms with van der Waals surface area (Å²) in [6, 6.07) is 10.7. The Hall–Kier alpha value is -2.76. The van der Waals surface area contributed by atoms with Crippen LogP contribution in [0.5, 0.6) is 0 Å². The lowest BCUT2D eigenvalue weighted by molar-refractivity contribution is -0.130. The summed E-state index contributed by atoms with van der Waals surface area (Å²) in [4.78, 5) is 27.2. The summed E-state index contributed by atoms with van der Waals surface area (Å²) >= 11 is 0. The first kappa shape index (κ1) is 18.0. The molecular weight excluding hydrogens is 338 g/mol. The summed E-state index contributed by atoms with van der Waals surface area (Å²) in [5.41, 5.74) is 1.15. The summed E-state index contributed by atoms with van der Waals surface area (Å²) < 4.78 is 28.0. The molecule has 1 amide bonds. The third-order valence-corrected chi connectivity index (χ3v) is 4.63. The fourth-order valence-electron chi connectivity index (χ4n) is 3.10. The molecule has 6 heteroatoms. The second-order valence-corrected chi connectivity index (χ2v) is 6.36. The molecule has 1 saturated heterocycles. The maximum atomic E-state index is 14.3. The zero-order valence-corrected chi connectivity index (χ0v) is 14.5. The molecule has 26 heavy (non-hydrogen) atoms. The van der Waals surface area contributed by atoms with E-state index in [2.05, 4.69) is 0 Å². The van der Waals surface area contributed by atoms with Gasteiger partial charge < -0.3 is 9.80 Å². The standard InChI is InChI=1S/C20H20F2N2O2/c1-14(25)15-6-7-19(18(22)12-15)23-8-10-24(11-9-23)20(26)13-16-4-2-3-5-17(16)21/h2-7,12H,8-11,13H2,1H3. The molecule has 0 spiro atoms. The number of hydrogen-bond donors (Lipinski definition) is 0. The van der Waals surface area contributed by atoms with Gasteiger partial charge in [0.2, 0.25) is 5.91 Å². The number of nitrogens with zero attached hydrogens (tertiary/aromatic N) is 2. The third kappa shape index (κ3) is 3.90. The Labute approximate surface area is 151 Å². The van der Waals surface area contributed by atoms with Gasteiger partial charge in [0.05, 0.1) is 12.1 Å². The molecule has 1 aliphatic heterocycles. The first-order valence-electron chi connectivity index (χ1n) is 8.52.